The number of benzene rings is 3. The molecule has 0 aliphatic heterocycles. The molecule has 0 saturated heterocycles. The van der Waals surface area contributed by atoms with Crippen molar-refractivity contribution in [2.24, 2.45) is 0 Å². The van der Waals surface area contributed by atoms with Crippen LogP contribution in [0.3, 0.4) is 0 Å². The van der Waals surface area contributed by atoms with E-state index in [-0.39, 0.29) is 24.6 Å². The van der Waals surface area contributed by atoms with Gasteiger partial charge in [-0.25, -0.2) is 4.79 Å². The van der Waals surface area contributed by atoms with E-state index < -0.39 is 29.2 Å². The molecule has 0 spiro atoms. The van der Waals surface area contributed by atoms with E-state index in [1.54, 1.807) is 65.1 Å². The number of rotatable bonds is 13. The number of methoxy groups -OCH3 is 2. The lowest BCUT2D eigenvalue weighted by atomic mass is 10.0. The van der Waals surface area contributed by atoms with Crippen LogP contribution < -0.4 is 31.0 Å². The van der Waals surface area contributed by atoms with Crippen molar-refractivity contribution in [3.63, 3.8) is 0 Å². The predicted octanol–water partition coefficient (Wildman–Crippen LogP) is 5.51. The topological polar surface area (TPSA) is 157 Å². The van der Waals surface area contributed by atoms with E-state index in [9.17, 15) is 19.2 Å². The SMILES string of the molecule is COCCOc1cc2cc(C(=O)Nc3cc(C(=O)NC(CCNC(=O)OC(C)(C)C)c4ccccc4)ccc3C)c(=O)[nH]c2cc1OC. The highest BCUT2D eigenvalue weighted by Gasteiger charge is 2.20. The third-order valence-corrected chi connectivity index (χ3v) is 7.27. The van der Waals surface area contributed by atoms with Gasteiger partial charge in [0, 0.05) is 36.4 Å². The van der Waals surface area contributed by atoms with Gasteiger partial charge >= 0.3 is 6.09 Å². The number of nitrogens with one attached hydrogen (secondary N) is 4. The Morgan fingerprint density at radius 3 is 2.33 bits per heavy atom. The molecule has 4 N–H and O–H groups in total. The molecular weight excluding hydrogens is 616 g/mol. The Balaban J connectivity index is 1.52. The van der Waals surface area contributed by atoms with Gasteiger partial charge < -0.3 is 39.9 Å². The number of H-pyrrole nitrogens is 1. The van der Waals surface area contributed by atoms with E-state index in [1.165, 1.54) is 13.2 Å². The molecule has 48 heavy (non-hydrogen) atoms. The number of ether oxygens (including phenoxy) is 4. The first-order valence-electron chi connectivity index (χ1n) is 15.5. The average Bonchev–Trinajstić information content (AvgIpc) is 3.04. The lowest BCUT2D eigenvalue weighted by Crippen LogP contribution is -2.35. The van der Waals surface area contributed by atoms with Crippen LogP contribution in [0.5, 0.6) is 11.5 Å². The van der Waals surface area contributed by atoms with Crippen molar-refractivity contribution in [3.8, 4) is 11.5 Å². The number of hydrogen-bond donors (Lipinski definition) is 4. The number of carbonyl (C=O) groups is 3. The molecule has 4 rings (SSSR count). The van der Waals surface area contributed by atoms with Gasteiger partial charge in [-0.1, -0.05) is 36.4 Å². The summed E-state index contributed by atoms with van der Waals surface area (Å²) in [6.45, 7) is 8.05. The van der Waals surface area contributed by atoms with Crippen LogP contribution in [-0.2, 0) is 9.47 Å². The number of amides is 3. The number of aromatic amines is 1. The van der Waals surface area contributed by atoms with Crippen LogP contribution in [-0.4, -0.2) is 62.5 Å². The fourth-order valence-electron chi connectivity index (χ4n) is 4.86. The van der Waals surface area contributed by atoms with Crippen LogP contribution in [0.15, 0.2) is 71.5 Å². The Bertz CT molecular complexity index is 1820. The van der Waals surface area contributed by atoms with E-state index in [0.29, 0.717) is 52.2 Å². The maximum atomic E-state index is 13.5. The van der Waals surface area contributed by atoms with E-state index in [2.05, 4.69) is 20.9 Å². The van der Waals surface area contributed by atoms with Gasteiger partial charge in [0.15, 0.2) is 11.5 Å². The molecule has 1 aromatic heterocycles. The summed E-state index contributed by atoms with van der Waals surface area (Å²) in [5, 5.41) is 9.12. The Hall–Kier alpha value is -5.36. The van der Waals surface area contributed by atoms with Crippen molar-refractivity contribution in [2.45, 2.75) is 45.8 Å². The molecule has 3 aromatic carbocycles. The van der Waals surface area contributed by atoms with Gasteiger partial charge in [0.2, 0.25) is 0 Å². The molecule has 254 valence electrons. The summed E-state index contributed by atoms with van der Waals surface area (Å²) in [7, 11) is 3.06. The molecule has 1 heterocycles. The van der Waals surface area contributed by atoms with Crippen molar-refractivity contribution < 1.29 is 33.3 Å². The number of fused-ring (bicyclic) bond motifs is 1. The molecule has 1 atom stereocenters. The summed E-state index contributed by atoms with van der Waals surface area (Å²) in [6.07, 6.45) is -0.138. The Kier molecular flexibility index (Phi) is 11.8. The molecule has 0 fully saturated rings. The number of carbonyl (C=O) groups excluding carboxylic acids is 3. The zero-order valence-corrected chi connectivity index (χ0v) is 28.0. The molecular formula is C36H42N4O8. The summed E-state index contributed by atoms with van der Waals surface area (Å²) in [5.41, 5.74) is 1.35. The van der Waals surface area contributed by atoms with Crippen molar-refractivity contribution in [1.29, 1.82) is 0 Å². The van der Waals surface area contributed by atoms with Crippen LogP contribution in [0.25, 0.3) is 10.9 Å². The lowest BCUT2D eigenvalue weighted by molar-refractivity contribution is 0.0526. The highest BCUT2D eigenvalue weighted by molar-refractivity contribution is 6.07. The molecule has 0 bridgehead atoms. The van der Waals surface area contributed by atoms with Crippen LogP contribution in [0, 0.1) is 6.92 Å². The van der Waals surface area contributed by atoms with Crippen molar-refractivity contribution in [1.82, 2.24) is 15.6 Å². The molecule has 0 saturated carbocycles. The van der Waals surface area contributed by atoms with E-state index >= 15 is 0 Å². The van der Waals surface area contributed by atoms with Gasteiger partial charge in [0.25, 0.3) is 17.4 Å². The van der Waals surface area contributed by atoms with Crippen molar-refractivity contribution in [3.05, 3.63) is 99.3 Å². The molecule has 12 nitrogen and oxygen atoms in total. The Labute approximate surface area is 279 Å². The average molecular weight is 659 g/mol. The van der Waals surface area contributed by atoms with Gasteiger partial charge in [-0.15, -0.1) is 0 Å². The summed E-state index contributed by atoms with van der Waals surface area (Å²) in [6, 6.07) is 18.7. The largest absolute Gasteiger partial charge is 0.493 e. The highest BCUT2D eigenvalue weighted by atomic mass is 16.6. The molecule has 0 aliphatic carbocycles. The number of pyridine rings is 1. The predicted molar refractivity (Wildman–Crippen MR) is 183 cm³/mol. The summed E-state index contributed by atoms with van der Waals surface area (Å²) in [5.74, 6) is -0.169. The second-order valence-electron chi connectivity index (χ2n) is 12.1. The zero-order chi connectivity index (χ0) is 34.8. The van der Waals surface area contributed by atoms with E-state index in [4.69, 9.17) is 18.9 Å². The summed E-state index contributed by atoms with van der Waals surface area (Å²) < 4.78 is 21.5. The molecule has 0 radical (unpaired) electrons. The molecule has 1 unspecified atom stereocenters. The van der Waals surface area contributed by atoms with Crippen molar-refractivity contribution >= 4 is 34.5 Å². The normalized spacial score (nSPS) is 11.8. The second-order valence-corrected chi connectivity index (χ2v) is 12.1. The third-order valence-electron chi connectivity index (χ3n) is 7.27. The zero-order valence-electron chi connectivity index (χ0n) is 28.0. The monoisotopic (exact) mass is 658 g/mol. The van der Waals surface area contributed by atoms with Gasteiger partial charge in [0.05, 0.1) is 25.3 Å². The maximum Gasteiger partial charge on any atom is 0.407 e. The minimum atomic E-state index is -0.646. The molecule has 12 heteroatoms. The number of aryl methyl sites for hydroxylation is 1. The lowest BCUT2D eigenvalue weighted by Gasteiger charge is -2.22. The van der Waals surface area contributed by atoms with E-state index in [1.807, 2.05) is 30.3 Å². The van der Waals surface area contributed by atoms with Gasteiger partial charge in [-0.3, -0.25) is 14.4 Å². The van der Waals surface area contributed by atoms with E-state index in [0.717, 1.165) is 5.56 Å². The maximum absolute atomic E-state index is 13.5. The standard InChI is InChI=1S/C36H42N4O8/c1-22-12-13-24(32(41)38-27(23-10-8-7-9-11-23)14-15-37-35(44)48-36(2,3)4)19-28(22)39-33(42)26-18-25-20-31(47-17-16-45-5)30(46-6)21-29(25)40-34(26)43/h7-13,18-21,27H,14-17H2,1-6H3,(H,37,44)(H,38,41)(H,39,42)(H,40,43). The number of alkyl carbamates (subject to hydrolysis) is 1. The first kappa shape index (κ1) is 35.5. The molecule has 3 amide bonds. The Morgan fingerprint density at radius 2 is 1.65 bits per heavy atom. The van der Waals surface area contributed by atoms with Crippen LogP contribution in [0.4, 0.5) is 10.5 Å². The van der Waals surface area contributed by atoms with Gasteiger partial charge in [-0.05, 0) is 69.5 Å². The van der Waals surface area contributed by atoms with Crippen molar-refractivity contribution in [2.75, 3.05) is 39.3 Å². The first-order valence-corrected chi connectivity index (χ1v) is 15.5. The Morgan fingerprint density at radius 1 is 0.896 bits per heavy atom. The fraction of sp³-hybridized carbons (Fsp3) is 0.333. The van der Waals surface area contributed by atoms with Gasteiger partial charge in [0.1, 0.15) is 17.8 Å². The van der Waals surface area contributed by atoms with Crippen LogP contribution in [0.2, 0.25) is 0 Å². The summed E-state index contributed by atoms with van der Waals surface area (Å²) in [4.78, 5) is 54.8. The smallest absolute Gasteiger partial charge is 0.407 e. The molecule has 0 aliphatic rings. The minimum absolute atomic E-state index is 0.119. The molecule has 4 aromatic rings. The first-order chi connectivity index (χ1) is 22.9. The second kappa shape index (κ2) is 16.0. The minimum Gasteiger partial charge on any atom is -0.493 e. The van der Waals surface area contributed by atoms with Crippen LogP contribution >= 0.6 is 0 Å². The number of hydrogen-bond acceptors (Lipinski definition) is 8. The fourth-order valence-corrected chi connectivity index (χ4v) is 4.86. The number of anilines is 1. The summed E-state index contributed by atoms with van der Waals surface area (Å²) >= 11 is 0. The number of aromatic nitrogens is 1. The van der Waals surface area contributed by atoms with Gasteiger partial charge in [-0.2, -0.15) is 0 Å². The van der Waals surface area contributed by atoms with Crippen LogP contribution in [0.1, 0.15) is 65.1 Å². The third kappa shape index (κ3) is 9.58. The highest BCUT2D eigenvalue weighted by Crippen LogP contribution is 2.31. The quantitative estimate of drug-likeness (QED) is 0.137.